The standard InChI is InChI=1S/C15H19BrN2O2/c1-11-15(16)12(2)18(17-11)8-14(19)10-20-9-13-6-4-3-5-7-13/h3-7,14,19H,8-10H2,1-2H3. The smallest absolute Gasteiger partial charge is 0.0969 e. The first-order valence-electron chi connectivity index (χ1n) is 6.57. The molecule has 2 aromatic rings. The molecule has 5 heteroatoms. The number of rotatable bonds is 6. The van der Waals surface area contributed by atoms with Crippen LogP contribution in [0.25, 0.3) is 0 Å². The van der Waals surface area contributed by atoms with Gasteiger partial charge >= 0.3 is 0 Å². The molecule has 20 heavy (non-hydrogen) atoms. The molecule has 0 spiro atoms. The van der Waals surface area contributed by atoms with Gasteiger partial charge in [-0.2, -0.15) is 5.10 Å². The Morgan fingerprint density at radius 1 is 1.30 bits per heavy atom. The highest BCUT2D eigenvalue weighted by Crippen LogP contribution is 2.19. The van der Waals surface area contributed by atoms with Crippen LogP contribution in [-0.2, 0) is 17.9 Å². The number of aliphatic hydroxyl groups is 1. The fourth-order valence-electron chi connectivity index (χ4n) is 1.99. The average molecular weight is 339 g/mol. The quantitative estimate of drug-likeness (QED) is 0.880. The maximum absolute atomic E-state index is 10.0. The van der Waals surface area contributed by atoms with E-state index in [1.807, 2.05) is 44.2 Å². The van der Waals surface area contributed by atoms with Crippen molar-refractivity contribution in [2.45, 2.75) is 33.1 Å². The minimum Gasteiger partial charge on any atom is -0.389 e. The minimum atomic E-state index is -0.566. The van der Waals surface area contributed by atoms with Crippen molar-refractivity contribution in [2.24, 2.45) is 0 Å². The third-order valence-electron chi connectivity index (χ3n) is 3.10. The van der Waals surface area contributed by atoms with Crippen LogP contribution in [0.4, 0.5) is 0 Å². The summed E-state index contributed by atoms with van der Waals surface area (Å²) >= 11 is 3.48. The fourth-order valence-corrected chi connectivity index (χ4v) is 2.28. The van der Waals surface area contributed by atoms with E-state index in [2.05, 4.69) is 21.0 Å². The Labute approximate surface area is 127 Å². The summed E-state index contributed by atoms with van der Waals surface area (Å²) in [6, 6.07) is 9.93. The van der Waals surface area contributed by atoms with Gasteiger partial charge in [0.15, 0.2) is 0 Å². The van der Waals surface area contributed by atoms with Gasteiger partial charge in [-0.25, -0.2) is 0 Å². The Kier molecular flexibility index (Phi) is 5.34. The lowest BCUT2D eigenvalue weighted by Crippen LogP contribution is -2.23. The number of aromatic nitrogens is 2. The van der Waals surface area contributed by atoms with Crippen LogP contribution >= 0.6 is 15.9 Å². The molecular formula is C15H19BrN2O2. The molecule has 1 atom stereocenters. The van der Waals surface area contributed by atoms with Crippen molar-refractivity contribution in [3.63, 3.8) is 0 Å². The highest BCUT2D eigenvalue weighted by molar-refractivity contribution is 9.10. The lowest BCUT2D eigenvalue weighted by molar-refractivity contribution is 0.0184. The molecule has 0 amide bonds. The predicted octanol–water partition coefficient (Wildman–Crippen LogP) is 2.84. The second kappa shape index (κ2) is 7.02. The van der Waals surface area contributed by atoms with Gasteiger partial charge in [-0.3, -0.25) is 4.68 Å². The number of aliphatic hydroxyl groups excluding tert-OH is 1. The summed E-state index contributed by atoms with van der Waals surface area (Å²) in [4.78, 5) is 0. The summed E-state index contributed by atoms with van der Waals surface area (Å²) in [5, 5.41) is 14.4. The van der Waals surface area contributed by atoms with Crippen molar-refractivity contribution in [1.82, 2.24) is 9.78 Å². The number of hydrogen-bond donors (Lipinski definition) is 1. The zero-order valence-electron chi connectivity index (χ0n) is 11.7. The number of ether oxygens (including phenoxy) is 1. The third kappa shape index (κ3) is 3.91. The molecule has 0 aliphatic carbocycles. The maximum Gasteiger partial charge on any atom is 0.0969 e. The van der Waals surface area contributed by atoms with Crippen LogP contribution < -0.4 is 0 Å². The molecule has 1 aromatic heterocycles. The van der Waals surface area contributed by atoms with Crippen molar-refractivity contribution in [1.29, 1.82) is 0 Å². The molecule has 0 saturated heterocycles. The van der Waals surface area contributed by atoms with Gasteiger partial charge in [0, 0.05) is 5.69 Å². The van der Waals surface area contributed by atoms with Gasteiger partial charge in [0.2, 0.25) is 0 Å². The van der Waals surface area contributed by atoms with E-state index >= 15 is 0 Å². The topological polar surface area (TPSA) is 47.3 Å². The lowest BCUT2D eigenvalue weighted by atomic mass is 10.2. The second-order valence-electron chi connectivity index (χ2n) is 4.82. The molecular weight excluding hydrogens is 320 g/mol. The van der Waals surface area contributed by atoms with Crippen LogP contribution in [0.1, 0.15) is 17.0 Å². The summed E-state index contributed by atoms with van der Waals surface area (Å²) in [5.41, 5.74) is 3.05. The molecule has 1 N–H and O–H groups in total. The van der Waals surface area contributed by atoms with E-state index < -0.39 is 6.10 Å². The van der Waals surface area contributed by atoms with E-state index in [0.717, 1.165) is 21.4 Å². The molecule has 1 heterocycles. The van der Waals surface area contributed by atoms with E-state index in [1.165, 1.54) is 0 Å². The van der Waals surface area contributed by atoms with Gasteiger partial charge in [0.25, 0.3) is 0 Å². The van der Waals surface area contributed by atoms with E-state index in [9.17, 15) is 5.11 Å². The molecule has 0 aliphatic rings. The van der Waals surface area contributed by atoms with Crippen LogP contribution in [0.3, 0.4) is 0 Å². The molecule has 0 saturated carbocycles. The summed E-state index contributed by atoms with van der Waals surface area (Å²) in [6.45, 7) is 5.16. The monoisotopic (exact) mass is 338 g/mol. The maximum atomic E-state index is 10.0. The van der Waals surface area contributed by atoms with Crippen LogP contribution in [-0.4, -0.2) is 27.6 Å². The number of nitrogens with zero attached hydrogens (tertiary/aromatic N) is 2. The molecule has 4 nitrogen and oxygen atoms in total. The molecule has 0 bridgehead atoms. The Bertz CT molecular complexity index is 555. The van der Waals surface area contributed by atoms with Crippen molar-refractivity contribution < 1.29 is 9.84 Å². The average Bonchev–Trinajstić information content (AvgIpc) is 2.67. The SMILES string of the molecule is Cc1nn(CC(O)COCc2ccccc2)c(C)c1Br. The van der Waals surface area contributed by atoms with Crippen LogP contribution in [0.15, 0.2) is 34.8 Å². The molecule has 0 radical (unpaired) electrons. The van der Waals surface area contributed by atoms with Crippen LogP contribution in [0, 0.1) is 13.8 Å². The highest BCUT2D eigenvalue weighted by Gasteiger charge is 2.12. The first-order chi connectivity index (χ1) is 9.58. The Morgan fingerprint density at radius 2 is 2.00 bits per heavy atom. The van der Waals surface area contributed by atoms with Gasteiger partial charge < -0.3 is 9.84 Å². The summed E-state index contributed by atoms with van der Waals surface area (Å²) in [5.74, 6) is 0. The largest absolute Gasteiger partial charge is 0.389 e. The third-order valence-corrected chi connectivity index (χ3v) is 4.25. The van der Waals surface area contributed by atoms with Crippen LogP contribution in [0.5, 0.6) is 0 Å². The summed E-state index contributed by atoms with van der Waals surface area (Å²) in [6.07, 6.45) is -0.566. The number of hydrogen-bond acceptors (Lipinski definition) is 3. The van der Waals surface area contributed by atoms with Crippen molar-refractivity contribution in [3.05, 3.63) is 51.8 Å². The zero-order chi connectivity index (χ0) is 14.5. The molecule has 0 aliphatic heterocycles. The van der Waals surface area contributed by atoms with E-state index in [4.69, 9.17) is 4.74 Å². The van der Waals surface area contributed by atoms with E-state index in [0.29, 0.717) is 19.8 Å². The van der Waals surface area contributed by atoms with Gasteiger partial charge in [-0.15, -0.1) is 0 Å². The Balaban J connectivity index is 1.81. The first kappa shape index (κ1) is 15.2. The fraction of sp³-hybridized carbons (Fsp3) is 0.400. The second-order valence-corrected chi connectivity index (χ2v) is 5.61. The molecule has 0 fully saturated rings. The summed E-state index contributed by atoms with van der Waals surface area (Å²) < 4.78 is 8.32. The number of aryl methyl sites for hydroxylation is 1. The predicted molar refractivity (Wildman–Crippen MR) is 81.5 cm³/mol. The van der Waals surface area contributed by atoms with Gasteiger partial charge in [-0.05, 0) is 35.3 Å². The van der Waals surface area contributed by atoms with Crippen molar-refractivity contribution in [3.8, 4) is 0 Å². The first-order valence-corrected chi connectivity index (χ1v) is 7.36. The van der Waals surface area contributed by atoms with Gasteiger partial charge in [0.1, 0.15) is 0 Å². The Morgan fingerprint density at radius 3 is 2.60 bits per heavy atom. The summed E-state index contributed by atoms with van der Waals surface area (Å²) in [7, 11) is 0. The van der Waals surface area contributed by atoms with Gasteiger partial charge in [0.05, 0.1) is 36.0 Å². The molecule has 2 rings (SSSR count). The van der Waals surface area contributed by atoms with Crippen molar-refractivity contribution >= 4 is 15.9 Å². The highest BCUT2D eigenvalue weighted by atomic mass is 79.9. The van der Waals surface area contributed by atoms with E-state index in [-0.39, 0.29) is 0 Å². The van der Waals surface area contributed by atoms with E-state index in [1.54, 1.807) is 4.68 Å². The van der Waals surface area contributed by atoms with Gasteiger partial charge in [-0.1, -0.05) is 30.3 Å². The zero-order valence-corrected chi connectivity index (χ0v) is 13.3. The molecule has 108 valence electrons. The molecule has 1 aromatic carbocycles. The Hall–Kier alpha value is -1.17. The number of halogens is 1. The minimum absolute atomic E-state index is 0.296. The lowest BCUT2D eigenvalue weighted by Gasteiger charge is -2.12. The molecule has 1 unspecified atom stereocenters. The normalized spacial score (nSPS) is 12.6. The van der Waals surface area contributed by atoms with Crippen molar-refractivity contribution in [2.75, 3.05) is 6.61 Å². The van der Waals surface area contributed by atoms with Crippen LogP contribution in [0.2, 0.25) is 0 Å². The number of benzene rings is 1.